The molecular weight excluding hydrogens is 234 g/mol. The molecule has 0 spiro atoms. The number of benzene rings is 1. The molecule has 3 heteroatoms. The fourth-order valence-corrected chi connectivity index (χ4v) is 2.58. The second-order valence-electron chi connectivity index (χ2n) is 5.55. The zero-order valence-electron chi connectivity index (χ0n) is 11.1. The minimum atomic E-state index is -0.433. The van der Waals surface area contributed by atoms with Crippen molar-refractivity contribution in [3.63, 3.8) is 0 Å². The molecule has 1 aliphatic rings. The molecule has 1 heterocycles. The highest BCUT2D eigenvalue weighted by Crippen LogP contribution is 2.40. The van der Waals surface area contributed by atoms with Crippen molar-refractivity contribution in [2.24, 2.45) is 0 Å². The maximum atomic E-state index is 12.4. The molecule has 0 radical (unpaired) electrons. The number of fused-ring (bicyclic) bond motifs is 1. The minimum Gasteiger partial charge on any atom is -0.292 e. The van der Waals surface area contributed by atoms with Crippen molar-refractivity contribution < 1.29 is 4.79 Å². The van der Waals surface area contributed by atoms with E-state index in [1.165, 1.54) is 0 Å². The van der Waals surface area contributed by atoms with Gasteiger partial charge in [0.15, 0.2) is 5.78 Å². The molecule has 17 heavy (non-hydrogen) atoms. The Labute approximate surface area is 109 Å². The number of ketones is 1. The Morgan fingerprint density at radius 2 is 1.53 bits per heavy atom. The fourth-order valence-electron chi connectivity index (χ4n) is 2.58. The van der Waals surface area contributed by atoms with Gasteiger partial charge in [0, 0.05) is 11.1 Å². The van der Waals surface area contributed by atoms with E-state index in [1.807, 2.05) is 39.1 Å². The van der Waals surface area contributed by atoms with Gasteiger partial charge in [-0.1, -0.05) is 24.3 Å². The van der Waals surface area contributed by atoms with Crippen LogP contribution in [0.5, 0.6) is 0 Å². The largest absolute Gasteiger partial charge is 0.292 e. The van der Waals surface area contributed by atoms with Gasteiger partial charge >= 0.3 is 0 Å². The van der Waals surface area contributed by atoms with Crippen molar-refractivity contribution in [2.45, 2.75) is 38.8 Å². The second kappa shape index (κ2) is 4.11. The van der Waals surface area contributed by atoms with Gasteiger partial charge in [0.1, 0.15) is 0 Å². The Morgan fingerprint density at radius 1 is 1.00 bits per heavy atom. The van der Waals surface area contributed by atoms with Crippen LogP contribution >= 0.6 is 12.4 Å². The van der Waals surface area contributed by atoms with E-state index in [9.17, 15) is 4.79 Å². The number of hydrogen-bond acceptors (Lipinski definition) is 2. The van der Waals surface area contributed by atoms with Crippen molar-refractivity contribution in [3.8, 4) is 0 Å². The van der Waals surface area contributed by atoms with Crippen LogP contribution in [0.3, 0.4) is 0 Å². The van der Waals surface area contributed by atoms with E-state index >= 15 is 0 Å². The first-order chi connectivity index (χ1) is 7.29. The molecule has 0 fully saturated rings. The summed E-state index contributed by atoms with van der Waals surface area (Å²) in [6, 6.07) is 7.93. The second-order valence-corrected chi connectivity index (χ2v) is 5.55. The molecular formula is C14H20ClNO. The van der Waals surface area contributed by atoms with E-state index in [2.05, 4.69) is 24.8 Å². The molecule has 1 aliphatic heterocycles. The summed E-state index contributed by atoms with van der Waals surface area (Å²) in [5.41, 5.74) is 1.46. The van der Waals surface area contributed by atoms with E-state index in [0.29, 0.717) is 0 Å². The molecule has 0 aliphatic carbocycles. The molecule has 0 N–H and O–H groups in total. The highest BCUT2D eigenvalue weighted by molar-refractivity contribution is 6.05. The molecule has 0 saturated carbocycles. The van der Waals surface area contributed by atoms with Crippen LogP contribution in [0.1, 0.15) is 43.6 Å². The van der Waals surface area contributed by atoms with E-state index in [1.54, 1.807) is 0 Å². The fraction of sp³-hybridized carbons (Fsp3) is 0.500. The Hall–Kier alpha value is -0.860. The van der Waals surface area contributed by atoms with Gasteiger partial charge in [-0.15, -0.1) is 12.4 Å². The summed E-state index contributed by atoms with van der Waals surface area (Å²) >= 11 is 0. The lowest BCUT2D eigenvalue weighted by molar-refractivity contribution is 0.0255. The predicted molar refractivity (Wildman–Crippen MR) is 72.9 cm³/mol. The maximum absolute atomic E-state index is 12.4. The Balaban J connectivity index is 0.00000144. The summed E-state index contributed by atoms with van der Waals surface area (Å²) in [6.07, 6.45) is 0. The first kappa shape index (κ1) is 14.2. The normalized spacial score (nSPS) is 21.6. The molecule has 0 saturated heterocycles. The smallest absolute Gasteiger partial charge is 0.182 e. The van der Waals surface area contributed by atoms with Crippen LogP contribution in [0, 0.1) is 0 Å². The van der Waals surface area contributed by atoms with Crippen LogP contribution in [0.4, 0.5) is 0 Å². The molecule has 2 nitrogen and oxygen atoms in total. The van der Waals surface area contributed by atoms with Gasteiger partial charge < -0.3 is 0 Å². The van der Waals surface area contributed by atoms with Gasteiger partial charge in [-0.05, 0) is 40.3 Å². The molecule has 0 unspecified atom stereocenters. The summed E-state index contributed by atoms with van der Waals surface area (Å²) in [5.74, 6) is 0.213. The summed E-state index contributed by atoms with van der Waals surface area (Å²) in [6.45, 7) is 8.32. The molecule has 94 valence electrons. The molecule has 0 aromatic heterocycles. The molecule has 1 aromatic rings. The number of nitrogens with zero attached hydrogens (tertiary/aromatic N) is 1. The molecule has 0 atom stereocenters. The van der Waals surface area contributed by atoms with Gasteiger partial charge in [0.2, 0.25) is 0 Å². The number of hydrogen-bond donors (Lipinski definition) is 0. The summed E-state index contributed by atoms with van der Waals surface area (Å²) < 4.78 is 0. The average Bonchev–Trinajstić information content (AvgIpc) is 2.25. The number of carbonyl (C=O) groups excluding carboxylic acids is 1. The van der Waals surface area contributed by atoms with Crippen molar-refractivity contribution in [1.82, 2.24) is 4.90 Å². The number of Topliss-reactive ketones (excluding diaryl/α,β-unsaturated/α-hetero) is 1. The van der Waals surface area contributed by atoms with E-state index in [-0.39, 0.29) is 23.7 Å². The maximum Gasteiger partial charge on any atom is 0.182 e. The van der Waals surface area contributed by atoms with Crippen molar-refractivity contribution in [2.75, 3.05) is 7.05 Å². The summed E-state index contributed by atoms with van der Waals surface area (Å²) in [7, 11) is 2.02. The molecule has 2 rings (SSSR count). The Morgan fingerprint density at radius 3 is 2.12 bits per heavy atom. The third-order valence-corrected chi connectivity index (χ3v) is 4.06. The van der Waals surface area contributed by atoms with Gasteiger partial charge in [-0.3, -0.25) is 9.69 Å². The lowest BCUT2D eigenvalue weighted by Gasteiger charge is -2.50. The van der Waals surface area contributed by atoms with E-state index in [0.717, 1.165) is 11.1 Å². The molecule has 1 aromatic carbocycles. The summed E-state index contributed by atoms with van der Waals surface area (Å²) in [5, 5.41) is 0. The third kappa shape index (κ3) is 1.80. The van der Waals surface area contributed by atoms with Crippen LogP contribution in [0.2, 0.25) is 0 Å². The average molecular weight is 254 g/mol. The zero-order valence-corrected chi connectivity index (χ0v) is 11.9. The van der Waals surface area contributed by atoms with E-state index < -0.39 is 5.54 Å². The van der Waals surface area contributed by atoms with Crippen LogP contribution in [-0.2, 0) is 5.54 Å². The molecule has 0 bridgehead atoms. The number of halogens is 1. The van der Waals surface area contributed by atoms with Crippen molar-refractivity contribution in [1.29, 1.82) is 0 Å². The number of carbonyl (C=O) groups is 1. The van der Waals surface area contributed by atoms with Crippen LogP contribution in [-0.4, -0.2) is 23.3 Å². The zero-order chi connectivity index (χ0) is 12.1. The number of likely N-dealkylation sites (N-methyl/N-ethyl adjacent to an activating group) is 1. The van der Waals surface area contributed by atoms with Gasteiger partial charge in [0.05, 0.1) is 5.54 Å². The van der Waals surface area contributed by atoms with Crippen LogP contribution < -0.4 is 0 Å². The first-order valence-electron chi connectivity index (χ1n) is 5.68. The first-order valence-corrected chi connectivity index (χ1v) is 5.68. The summed E-state index contributed by atoms with van der Waals surface area (Å²) in [4.78, 5) is 14.6. The number of rotatable bonds is 0. The Kier molecular flexibility index (Phi) is 3.43. The quantitative estimate of drug-likeness (QED) is 0.708. The van der Waals surface area contributed by atoms with E-state index in [4.69, 9.17) is 0 Å². The van der Waals surface area contributed by atoms with Crippen molar-refractivity contribution >= 4 is 18.2 Å². The van der Waals surface area contributed by atoms with Gasteiger partial charge in [0.25, 0.3) is 0 Å². The standard InChI is InChI=1S/C14H19NO.ClH/c1-13(2)11-9-7-6-8-10(11)12(16)14(3,4)15(13)5;/h6-9H,1-5H3;1H. The lowest BCUT2D eigenvalue weighted by Crippen LogP contribution is -2.59. The molecule has 0 amide bonds. The predicted octanol–water partition coefficient (Wildman–Crippen LogP) is 3.25. The topological polar surface area (TPSA) is 20.3 Å². The SMILES string of the molecule is CN1C(C)(C)C(=O)c2ccccc2C1(C)C.Cl. The van der Waals surface area contributed by atoms with Crippen molar-refractivity contribution in [3.05, 3.63) is 35.4 Å². The highest BCUT2D eigenvalue weighted by atomic mass is 35.5. The van der Waals surface area contributed by atoms with Crippen LogP contribution in [0.15, 0.2) is 24.3 Å². The van der Waals surface area contributed by atoms with Gasteiger partial charge in [-0.25, -0.2) is 0 Å². The lowest BCUT2D eigenvalue weighted by atomic mass is 9.75. The highest BCUT2D eigenvalue weighted by Gasteiger charge is 2.47. The third-order valence-electron chi connectivity index (χ3n) is 4.06. The Bertz CT molecular complexity index is 451. The monoisotopic (exact) mass is 253 g/mol. The minimum absolute atomic E-state index is 0. The van der Waals surface area contributed by atoms with Gasteiger partial charge in [-0.2, -0.15) is 0 Å². The van der Waals surface area contributed by atoms with Crippen LogP contribution in [0.25, 0.3) is 0 Å².